The zero-order valence-electron chi connectivity index (χ0n) is 11.6. The summed E-state index contributed by atoms with van der Waals surface area (Å²) in [6.45, 7) is 3.20. The van der Waals surface area contributed by atoms with E-state index in [0.717, 1.165) is 30.0 Å². The van der Waals surface area contributed by atoms with E-state index in [-0.39, 0.29) is 6.03 Å². The number of rotatable bonds is 7. The van der Waals surface area contributed by atoms with Gasteiger partial charge in [-0.25, -0.2) is 9.59 Å². The quantitative estimate of drug-likeness (QED) is 0.528. The predicted octanol–water partition coefficient (Wildman–Crippen LogP) is 2.38. The van der Waals surface area contributed by atoms with E-state index >= 15 is 0 Å². The fraction of sp³-hybridized carbons (Fsp3) is 0.333. The molecule has 0 saturated heterocycles. The second-order valence-electron chi connectivity index (χ2n) is 4.38. The molecule has 0 unspecified atom stereocenters. The minimum absolute atomic E-state index is 0.173. The number of carboxylic acids is 1. The monoisotopic (exact) mass is 276 g/mol. The Bertz CT molecular complexity index is 467. The van der Waals surface area contributed by atoms with Gasteiger partial charge < -0.3 is 15.7 Å². The van der Waals surface area contributed by atoms with Gasteiger partial charge in [-0.15, -0.1) is 0 Å². The molecule has 0 fully saturated rings. The van der Waals surface area contributed by atoms with Gasteiger partial charge >= 0.3 is 12.0 Å². The van der Waals surface area contributed by atoms with Crippen LogP contribution in [-0.4, -0.2) is 23.7 Å². The summed E-state index contributed by atoms with van der Waals surface area (Å²) < 4.78 is 0. The highest BCUT2D eigenvalue weighted by Crippen LogP contribution is 2.06. The lowest BCUT2D eigenvalue weighted by Crippen LogP contribution is -2.35. The first-order chi connectivity index (χ1) is 9.61. The minimum Gasteiger partial charge on any atom is -0.478 e. The normalized spacial score (nSPS) is 10.4. The van der Waals surface area contributed by atoms with E-state index in [4.69, 9.17) is 5.11 Å². The molecule has 5 nitrogen and oxygen atoms in total. The van der Waals surface area contributed by atoms with Gasteiger partial charge in [-0.2, -0.15) is 0 Å². The molecule has 0 saturated carbocycles. The van der Waals surface area contributed by atoms with Crippen LogP contribution in [0.5, 0.6) is 0 Å². The molecule has 0 aliphatic heterocycles. The van der Waals surface area contributed by atoms with Crippen molar-refractivity contribution in [2.45, 2.75) is 26.3 Å². The number of unbranched alkanes of at least 4 members (excludes halogenated alkanes) is 1. The van der Waals surface area contributed by atoms with E-state index in [1.54, 1.807) is 0 Å². The highest BCUT2D eigenvalue weighted by Gasteiger charge is 1.99. The minimum atomic E-state index is -0.973. The summed E-state index contributed by atoms with van der Waals surface area (Å²) >= 11 is 0. The van der Waals surface area contributed by atoms with E-state index < -0.39 is 5.97 Å². The van der Waals surface area contributed by atoms with Gasteiger partial charge in [-0.1, -0.05) is 37.6 Å². The smallest absolute Gasteiger partial charge is 0.328 e. The molecule has 0 aromatic heterocycles. The Kier molecular flexibility index (Phi) is 6.89. The number of hydrogen-bond acceptors (Lipinski definition) is 2. The number of carboxylic acid groups (broad SMARTS) is 1. The summed E-state index contributed by atoms with van der Waals surface area (Å²) in [4.78, 5) is 21.8. The lowest BCUT2D eigenvalue weighted by molar-refractivity contribution is -0.131. The van der Waals surface area contributed by atoms with Crippen LogP contribution in [0.4, 0.5) is 4.79 Å². The van der Waals surface area contributed by atoms with Crippen LogP contribution in [0.1, 0.15) is 30.9 Å². The van der Waals surface area contributed by atoms with Crippen LogP contribution in [0.15, 0.2) is 30.3 Å². The molecule has 0 radical (unpaired) electrons. The maximum Gasteiger partial charge on any atom is 0.328 e. The molecule has 0 heterocycles. The SMILES string of the molecule is CCCCNC(=O)NCc1ccc(C=CC(=O)O)cc1. The Morgan fingerprint density at radius 3 is 2.50 bits per heavy atom. The molecule has 5 heteroatoms. The summed E-state index contributed by atoms with van der Waals surface area (Å²) in [5.41, 5.74) is 1.77. The fourth-order valence-electron chi connectivity index (χ4n) is 1.54. The Balaban J connectivity index is 2.38. The maximum atomic E-state index is 11.4. The second kappa shape index (κ2) is 8.74. The lowest BCUT2D eigenvalue weighted by Gasteiger charge is -2.07. The second-order valence-corrected chi connectivity index (χ2v) is 4.38. The van der Waals surface area contributed by atoms with Crippen molar-refractivity contribution in [1.82, 2.24) is 10.6 Å². The molecular formula is C15H20N2O3. The van der Waals surface area contributed by atoms with Crippen molar-refractivity contribution in [2.24, 2.45) is 0 Å². The van der Waals surface area contributed by atoms with Crippen LogP contribution in [-0.2, 0) is 11.3 Å². The number of aliphatic carboxylic acids is 1. The Morgan fingerprint density at radius 1 is 1.20 bits per heavy atom. The molecule has 1 aromatic rings. The number of carbonyl (C=O) groups is 2. The first kappa shape index (κ1) is 15.8. The van der Waals surface area contributed by atoms with E-state index in [2.05, 4.69) is 17.6 Å². The molecular weight excluding hydrogens is 256 g/mol. The van der Waals surface area contributed by atoms with Crippen molar-refractivity contribution in [3.05, 3.63) is 41.5 Å². The number of carbonyl (C=O) groups excluding carboxylic acids is 1. The summed E-state index contributed by atoms with van der Waals surface area (Å²) in [5, 5.41) is 14.1. The van der Waals surface area contributed by atoms with Crippen LogP contribution in [0.2, 0.25) is 0 Å². The standard InChI is InChI=1S/C15H20N2O3/c1-2-3-10-16-15(20)17-11-13-6-4-12(5-7-13)8-9-14(18)19/h4-9H,2-3,10-11H2,1H3,(H,18,19)(H2,16,17,20). The fourth-order valence-corrected chi connectivity index (χ4v) is 1.54. The highest BCUT2D eigenvalue weighted by atomic mass is 16.4. The van der Waals surface area contributed by atoms with Crippen molar-refractivity contribution >= 4 is 18.1 Å². The van der Waals surface area contributed by atoms with Crippen molar-refractivity contribution in [2.75, 3.05) is 6.54 Å². The molecule has 0 aliphatic rings. The van der Waals surface area contributed by atoms with Crippen molar-refractivity contribution in [1.29, 1.82) is 0 Å². The summed E-state index contributed by atoms with van der Waals surface area (Å²) in [6.07, 6.45) is 4.63. The number of nitrogens with one attached hydrogen (secondary N) is 2. The Labute approximate surface area is 118 Å². The number of hydrogen-bond donors (Lipinski definition) is 3. The number of urea groups is 1. The molecule has 1 aromatic carbocycles. The van der Waals surface area contributed by atoms with Gasteiger partial charge in [0.2, 0.25) is 0 Å². The summed E-state index contributed by atoms with van der Waals surface area (Å²) in [6, 6.07) is 7.16. The topological polar surface area (TPSA) is 78.4 Å². The van der Waals surface area contributed by atoms with E-state index in [1.807, 2.05) is 24.3 Å². The molecule has 0 atom stereocenters. The average molecular weight is 276 g/mol. The zero-order valence-corrected chi connectivity index (χ0v) is 11.6. The third kappa shape index (κ3) is 6.58. The van der Waals surface area contributed by atoms with Crippen molar-refractivity contribution in [3.8, 4) is 0 Å². The number of benzene rings is 1. The van der Waals surface area contributed by atoms with Gasteiger partial charge in [0.05, 0.1) is 0 Å². The molecule has 2 amide bonds. The predicted molar refractivity (Wildman–Crippen MR) is 78.3 cm³/mol. The summed E-state index contributed by atoms with van der Waals surface area (Å²) in [7, 11) is 0. The van der Waals surface area contributed by atoms with Crippen molar-refractivity contribution in [3.63, 3.8) is 0 Å². The van der Waals surface area contributed by atoms with Gasteiger partial charge in [0, 0.05) is 19.2 Å². The van der Waals surface area contributed by atoms with E-state index in [0.29, 0.717) is 13.1 Å². The first-order valence-electron chi connectivity index (χ1n) is 6.63. The van der Waals surface area contributed by atoms with Gasteiger partial charge in [0.1, 0.15) is 0 Å². The molecule has 108 valence electrons. The zero-order chi connectivity index (χ0) is 14.8. The highest BCUT2D eigenvalue weighted by molar-refractivity contribution is 5.85. The molecule has 3 N–H and O–H groups in total. The molecule has 0 aliphatic carbocycles. The van der Waals surface area contributed by atoms with E-state index in [1.165, 1.54) is 6.08 Å². The largest absolute Gasteiger partial charge is 0.478 e. The lowest BCUT2D eigenvalue weighted by atomic mass is 10.1. The van der Waals surface area contributed by atoms with Gasteiger partial charge in [0.25, 0.3) is 0 Å². The third-order valence-corrected chi connectivity index (χ3v) is 2.67. The molecule has 20 heavy (non-hydrogen) atoms. The van der Waals surface area contributed by atoms with E-state index in [9.17, 15) is 9.59 Å². The molecule has 0 spiro atoms. The third-order valence-electron chi connectivity index (χ3n) is 2.67. The van der Waals surface area contributed by atoms with Gasteiger partial charge in [-0.05, 0) is 23.6 Å². The average Bonchev–Trinajstić information content (AvgIpc) is 2.44. The van der Waals surface area contributed by atoms with Crippen LogP contribution in [0, 0.1) is 0 Å². The molecule has 1 rings (SSSR count). The van der Waals surface area contributed by atoms with Crippen LogP contribution >= 0.6 is 0 Å². The van der Waals surface area contributed by atoms with Crippen LogP contribution < -0.4 is 10.6 Å². The van der Waals surface area contributed by atoms with Gasteiger partial charge in [-0.3, -0.25) is 0 Å². The van der Waals surface area contributed by atoms with Gasteiger partial charge in [0.15, 0.2) is 0 Å². The summed E-state index contributed by atoms with van der Waals surface area (Å²) in [5.74, 6) is -0.973. The molecule has 0 bridgehead atoms. The maximum absolute atomic E-state index is 11.4. The first-order valence-corrected chi connectivity index (χ1v) is 6.63. The Hall–Kier alpha value is -2.30. The number of amides is 2. The Morgan fingerprint density at radius 2 is 1.90 bits per heavy atom. The van der Waals surface area contributed by atoms with Crippen LogP contribution in [0.25, 0.3) is 6.08 Å². The van der Waals surface area contributed by atoms with Crippen molar-refractivity contribution < 1.29 is 14.7 Å². The van der Waals surface area contributed by atoms with Crippen LogP contribution in [0.3, 0.4) is 0 Å².